The van der Waals surface area contributed by atoms with E-state index >= 15 is 0 Å². The van der Waals surface area contributed by atoms with Crippen LogP contribution in [0.15, 0.2) is 0 Å². The van der Waals surface area contributed by atoms with Crippen LogP contribution in [0.3, 0.4) is 0 Å². The molecule has 0 aliphatic heterocycles. The Kier molecular flexibility index (Phi) is 9.57. The van der Waals surface area contributed by atoms with Gasteiger partial charge in [0.25, 0.3) is 0 Å². The fourth-order valence-electron chi connectivity index (χ4n) is 0.123. The maximum absolute atomic E-state index is 9.52. The molecule has 0 aliphatic carbocycles. The van der Waals surface area contributed by atoms with Gasteiger partial charge in [0.05, 0.1) is 6.42 Å². The zero-order valence-corrected chi connectivity index (χ0v) is 6.35. The van der Waals surface area contributed by atoms with Gasteiger partial charge in [0.15, 0.2) is 0 Å². The van der Waals surface area contributed by atoms with E-state index in [2.05, 4.69) is 0 Å². The first-order valence-corrected chi connectivity index (χ1v) is 1.69. The van der Waals surface area contributed by atoms with Crippen molar-refractivity contribution in [2.24, 2.45) is 5.73 Å². The van der Waals surface area contributed by atoms with Crippen LogP contribution in [0.1, 0.15) is 6.42 Å². The summed E-state index contributed by atoms with van der Waals surface area (Å²) in [6.45, 7) is 0.231. The number of nitrogens with two attached hydrogens (primary N) is 1. The predicted molar refractivity (Wildman–Crippen MR) is 27.1 cm³/mol. The summed E-state index contributed by atoms with van der Waals surface area (Å²) in [6, 6.07) is 0. The molecule has 0 amide bonds. The molecule has 0 fully saturated rings. The number of carboxylic acid groups (broad SMARTS) is 1. The molecule has 0 aromatic rings. The van der Waals surface area contributed by atoms with Gasteiger partial charge in [-0.05, 0) is 0 Å². The number of rotatable bonds is 2. The van der Waals surface area contributed by atoms with Gasteiger partial charge in [0.1, 0.15) is 0 Å². The van der Waals surface area contributed by atoms with E-state index in [-0.39, 0.29) is 42.5 Å². The zero-order valence-electron chi connectivity index (χ0n) is 4.35. The van der Waals surface area contributed by atoms with Crippen molar-refractivity contribution in [3.8, 4) is 0 Å². The maximum atomic E-state index is 9.52. The molecule has 0 saturated carbocycles. The van der Waals surface area contributed by atoms with E-state index < -0.39 is 5.97 Å². The predicted octanol–water partition coefficient (Wildman–Crippen LogP) is -0.961. The summed E-state index contributed by atoms with van der Waals surface area (Å²) in [5, 5.41) is 7.83. The van der Waals surface area contributed by atoms with Crippen LogP contribution >= 0.6 is 0 Å². The molecule has 0 atom stereocenters. The van der Waals surface area contributed by atoms with Crippen LogP contribution in [-0.2, 0) is 4.79 Å². The van der Waals surface area contributed by atoms with E-state index in [4.69, 9.17) is 10.8 Å². The minimum absolute atomic E-state index is 0. The van der Waals surface area contributed by atoms with E-state index in [1.165, 1.54) is 0 Å². The van der Waals surface area contributed by atoms with E-state index in [1.54, 1.807) is 0 Å². The topological polar surface area (TPSA) is 63.3 Å². The molecule has 0 aromatic heterocycles. The van der Waals surface area contributed by atoms with Gasteiger partial charge in [-0.25, -0.2) is 0 Å². The molecular weight excluding hydrogens is 105 g/mol. The molecule has 0 rings (SSSR count). The minimum atomic E-state index is -0.836. The molecule has 0 saturated heterocycles. The number of hydrogen-bond acceptors (Lipinski definition) is 2. The second-order valence-electron chi connectivity index (χ2n) is 0.932. The largest absolute Gasteiger partial charge is 0.481 e. The summed E-state index contributed by atoms with van der Waals surface area (Å²) >= 11 is 0. The quantitative estimate of drug-likeness (QED) is 0.452. The standard InChI is InChI=1S/C3H7NO2.Na/c4-2-1-3(5)6;/h1-2,4H2,(H,5,6);. The van der Waals surface area contributed by atoms with Crippen LogP contribution in [0.5, 0.6) is 0 Å². The molecular formula is C3H7NNaO2. The third-order valence-corrected chi connectivity index (χ3v) is 0.358. The molecule has 0 spiro atoms. The summed E-state index contributed by atoms with van der Waals surface area (Å²) in [5.41, 5.74) is 4.85. The van der Waals surface area contributed by atoms with Crippen LogP contribution in [0.2, 0.25) is 0 Å². The Morgan fingerprint density at radius 3 is 2.14 bits per heavy atom. The van der Waals surface area contributed by atoms with Crippen molar-refractivity contribution in [1.82, 2.24) is 0 Å². The number of aliphatic carboxylic acids is 1. The van der Waals surface area contributed by atoms with Crippen LogP contribution in [0, 0.1) is 0 Å². The van der Waals surface area contributed by atoms with Gasteiger partial charge in [-0.1, -0.05) is 0 Å². The van der Waals surface area contributed by atoms with E-state index in [1.807, 2.05) is 0 Å². The molecule has 3 N–H and O–H groups in total. The molecule has 7 heavy (non-hydrogen) atoms. The molecule has 0 heterocycles. The molecule has 0 aromatic carbocycles. The monoisotopic (exact) mass is 112 g/mol. The first-order valence-electron chi connectivity index (χ1n) is 1.69. The average molecular weight is 112 g/mol. The minimum Gasteiger partial charge on any atom is -0.481 e. The Morgan fingerprint density at radius 2 is 2.14 bits per heavy atom. The molecule has 0 aliphatic rings. The van der Waals surface area contributed by atoms with E-state index in [0.717, 1.165) is 0 Å². The van der Waals surface area contributed by atoms with Crippen molar-refractivity contribution in [3.05, 3.63) is 0 Å². The van der Waals surface area contributed by atoms with Gasteiger partial charge < -0.3 is 10.8 Å². The van der Waals surface area contributed by atoms with Crippen molar-refractivity contribution in [3.63, 3.8) is 0 Å². The second-order valence-corrected chi connectivity index (χ2v) is 0.932. The molecule has 37 valence electrons. The van der Waals surface area contributed by atoms with Crippen LogP contribution in [0.4, 0.5) is 0 Å². The molecule has 3 nitrogen and oxygen atoms in total. The van der Waals surface area contributed by atoms with Gasteiger partial charge in [-0.15, -0.1) is 0 Å². The number of carbonyl (C=O) groups is 1. The zero-order chi connectivity index (χ0) is 4.99. The summed E-state index contributed by atoms with van der Waals surface area (Å²) in [4.78, 5) is 9.52. The molecule has 4 heteroatoms. The fourth-order valence-corrected chi connectivity index (χ4v) is 0.123. The molecule has 0 bridgehead atoms. The summed E-state index contributed by atoms with van der Waals surface area (Å²) < 4.78 is 0. The fraction of sp³-hybridized carbons (Fsp3) is 0.667. The van der Waals surface area contributed by atoms with Crippen LogP contribution in [-0.4, -0.2) is 47.2 Å². The first-order chi connectivity index (χ1) is 2.77. The van der Waals surface area contributed by atoms with Gasteiger partial charge >= 0.3 is 5.97 Å². The van der Waals surface area contributed by atoms with Crippen LogP contribution < -0.4 is 5.73 Å². The van der Waals surface area contributed by atoms with E-state index in [9.17, 15) is 4.79 Å². The van der Waals surface area contributed by atoms with Crippen molar-refractivity contribution >= 4 is 35.5 Å². The number of hydrogen-bond donors (Lipinski definition) is 2. The summed E-state index contributed by atoms with van der Waals surface area (Å²) in [7, 11) is 0. The van der Waals surface area contributed by atoms with Crippen molar-refractivity contribution < 1.29 is 9.90 Å². The smallest absolute Gasteiger partial charge is 0.304 e. The third-order valence-electron chi connectivity index (χ3n) is 0.358. The molecule has 1 radical (unpaired) electrons. The Hall–Kier alpha value is 0.430. The summed E-state index contributed by atoms with van der Waals surface area (Å²) in [6.07, 6.45) is 0.0694. The summed E-state index contributed by atoms with van der Waals surface area (Å²) in [5.74, 6) is -0.836. The normalized spacial score (nSPS) is 7.00. The first kappa shape index (κ1) is 10.4. The van der Waals surface area contributed by atoms with Crippen molar-refractivity contribution in [2.75, 3.05) is 6.54 Å². The Labute approximate surface area is 64.2 Å². The SMILES string of the molecule is NCCC(=O)O.[Na]. The number of carboxylic acids is 1. The van der Waals surface area contributed by atoms with Crippen molar-refractivity contribution in [1.29, 1.82) is 0 Å². The average Bonchev–Trinajstić information content (AvgIpc) is 1.35. The second kappa shape index (κ2) is 6.43. The maximum Gasteiger partial charge on any atom is 0.304 e. The molecule has 0 unspecified atom stereocenters. The van der Waals surface area contributed by atoms with Gasteiger partial charge in [-0.3, -0.25) is 4.79 Å². The van der Waals surface area contributed by atoms with Gasteiger partial charge in [0, 0.05) is 36.1 Å². The Morgan fingerprint density at radius 1 is 1.71 bits per heavy atom. The van der Waals surface area contributed by atoms with Crippen molar-refractivity contribution in [2.45, 2.75) is 6.42 Å². The third kappa shape index (κ3) is 10.7. The Balaban J connectivity index is 0. The van der Waals surface area contributed by atoms with Gasteiger partial charge in [-0.2, -0.15) is 0 Å². The van der Waals surface area contributed by atoms with Crippen LogP contribution in [0.25, 0.3) is 0 Å². The van der Waals surface area contributed by atoms with E-state index in [0.29, 0.717) is 0 Å². The van der Waals surface area contributed by atoms with Gasteiger partial charge in [0.2, 0.25) is 0 Å². The Bertz CT molecular complexity index is 56.9.